The van der Waals surface area contributed by atoms with Crippen LogP contribution in [0.5, 0.6) is 0 Å². The van der Waals surface area contributed by atoms with Gasteiger partial charge >= 0.3 is 51.4 Å². The van der Waals surface area contributed by atoms with Gasteiger partial charge in [-0.3, -0.25) is 25.0 Å². The van der Waals surface area contributed by atoms with Gasteiger partial charge in [0.15, 0.2) is 0 Å². The number of nitrogens with zero attached hydrogens (tertiary/aromatic N) is 6. The Morgan fingerprint density at radius 1 is 1.07 bits per heavy atom. The Morgan fingerprint density at radius 3 is 2.27 bits per heavy atom. The van der Waals surface area contributed by atoms with E-state index in [9.17, 15) is 9.59 Å². The first-order valence-corrected chi connectivity index (χ1v) is 16.1. The molecule has 2 heterocycles. The van der Waals surface area contributed by atoms with Crippen LogP contribution in [0.1, 0.15) is 106 Å². The van der Waals surface area contributed by atoms with E-state index in [0.29, 0.717) is 44.5 Å². The molecule has 45 heavy (non-hydrogen) atoms. The first-order chi connectivity index (χ1) is 20.9. The predicted molar refractivity (Wildman–Crippen MR) is 172 cm³/mol. The second-order valence-corrected chi connectivity index (χ2v) is 14.4. The minimum atomic E-state index is -0.664. The molecule has 0 radical (unpaired) electrons. The fourth-order valence-electron chi connectivity index (χ4n) is 6.51. The fourth-order valence-corrected chi connectivity index (χ4v) is 7.04. The van der Waals surface area contributed by atoms with Crippen molar-refractivity contribution < 1.29 is 61.0 Å². The number of hydrogen-bond acceptors (Lipinski definition) is 6. The van der Waals surface area contributed by atoms with Crippen LogP contribution < -0.4 is 61.9 Å². The summed E-state index contributed by atoms with van der Waals surface area (Å²) < 4.78 is 0. The van der Waals surface area contributed by atoms with Crippen LogP contribution in [0.2, 0.25) is 10.0 Å². The molecular weight excluding hydrogens is 636 g/mol. The summed E-state index contributed by atoms with van der Waals surface area (Å²) in [7, 11) is 0. The van der Waals surface area contributed by atoms with Gasteiger partial charge < -0.3 is 15.3 Å². The zero-order chi connectivity index (χ0) is 31.6. The number of halogens is 2. The summed E-state index contributed by atoms with van der Waals surface area (Å²) >= 11 is 12.8. The number of carbonyl (C=O) groups is 2. The molecule has 0 bridgehead atoms. The van der Waals surface area contributed by atoms with E-state index in [-0.39, 0.29) is 81.2 Å². The summed E-state index contributed by atoms with van der Waals surface area (Å²) in [6, 6.07) is 12.5. The van der Waals surface area contributed by atoms with Crippen LogP contribution in [0.15, 0.2) is 47.5 Å². The molecule has 2 amide bonds. The summed E-state index contributed by atoms with van der Waals surface area (Å²) in [5, 5.41) is 18.1. The summed E-state index contributed by atoms with van der Waals surface area (Å²) in [5.41, 5.74) is 2.04. The maximum absolute atomic E-state index is 14.5. The molecule has 1 fully saturated rings. The zero-order valence-corrected chi connectivity index (χ0v) is 31.6. The topological polar surface area (TPSA) is 115 Å². The van der Waals surface area contributed by atoms with Crippen LogP contribution in [-0.4, -0.2) is 43.5 Å². The van der Waals surface area contributed by atoms with E-state index in [1.165, 1.54) is 0 Å². The molecule has 0 unspecified atom stereocenters. The van der Waals surface area contributed by atoms with Crippen LogP contribution >= 0.6 is 23.2 Å². The van der Waals surface area contributed by atoms with Gasteiger partial charge in [-0.25, -0.2) is 5.10 Å². The molecule has 1 saturated carbocycles. The van der Waals surface area contributed by atoms with Crippen LogP contribution in [0.4, 0.5) is 0 Å². The van der Waals surface area contributed by atoms with E-state index in [0.717, 1.165) is 44.1 Å². The molecule has 1 aliphatic heterocycles. The van der Waals surface area contributed by atoms with Crippen molar-refractivity contribution in [2.24, 2.45) is 22.2 Å². The summed E-state index contributed by atoms with van der Waals surface area (Å²) in [6.07, 6.45) is 5.22. The Labute approximate surface area is 318 Å². The molecule has 1 spiro atoms. The largest absolute Gasteiger partial charge is 1.00 e. The van der Waals surface area contributed by atoms with Gasteiger partial charge in [0.25, 0.3) is 11.8 Å². The molecule has 9 nitrogen and oxygen atoms in total. The molecule has 0 saturated heterocycles. The number of aromatic nitrogens is 4. The van der Waals surface area contributed by atoms with Crippen LogP contribution in [-0.2, 0) is 11.3 Å². The molecule has 12 heteroatoms. The van der Waals surface area contributed by atoms with Gasteiger partial charge in [0.1, 0.15) is 11.4 Å². The number of benzene rings is 2. The SMILES string of the molecule is CC(C)CC[C@H](c1ccc(C(=O)NCc2nn[n-]n2)cc1)N1C(=O)C(c2cc(Cl)cc(Cl)c2)=NC12CCC(C(C)(C)C)CC2.[K+]. The number of amides is 2. The van der Waals surface area contributed by atoms with Crippen molar-refractivity contribution in [1.29, 1.82) is 0 Å². The fraction of sp³-hybridized carbons (Fsp3) is 0.515. The number of aliphatic imine (C=N–C) groups is 1. The predicted octanol–water partition coefficient (Wildman–Crippen LogP) is 3.81. The smallest absolute Gasteiger partial charge is 0.347 e. The molecule has 2 aromatic carbocycles. The van der Waals surface area contributed by atoms with E-state index in [2.05, 4.69) is 60.6 Å². The van der Waals surface area contributed by atoms with Crippen LogP contribution in [0, 0.1) is 17.3 Å². The van der Waals surface area contributed by atoms with Crippen LogP contribution in [0.25, 0.3) is 0 Å². The van der Waals surface area contributed by atoms with Crippen molar-refractivity contribution in [2.45, 2.75) is 91.4 Å². The first kappa shape index (κ1) is 36.2. The van der Waals surface area contributed by atoms with Crippen molar-refractivity contribution in [1.82, 2.24) is 30.8 Å². The van der Waals surface area contributed by atoms with Gasteiger partial charge in [-0.15, -0.1) is 0 Å². The second-order valence-electron chi connectivity index (χ2n) is 13.5. The number of nitrogens with one attached hydrogen (secondary N) is 1. The Bertz CT molecular complexity index is 1490. The molecule has 3 aromatic rings. The average molecular weight is 677 g/mol. The standard InChI is InChI=1S/C33H41Cl2N7O2.K/c1-20(2)6-11-27(21-7-9-22(10-8-21)30(43)36-19-28-38-40-41-39-28)42-31(44)29(23-16-25(34)18-26(35)17-23)37-33(42)14-12-24(13-15-33)32(3,4)5;/h7-10,16-18,20,24,27H,6,11-15,19H2,1-5H3,(H2,36,38,39,40,41,43);/q;+1/p-1/t24?,27-,33?;/m1./s1. The number of hydrogen-bond donors (Lipinski definition) is 1. The molecule has 1 N–H and O–H groups in total. The van der Waals surface area contributed by atoms with E-state index in [4.69, 9.17) is 28.2 Å². The van der Waals surface area contributed by atoms with Crippen molar-refractivity contribution in [3.63, 3.8) is 0 Å². The van der Waals surface area contributed by atoms with Gasteiger partial charge in [0.05, 0.1) is 18.4 Å². The Morgan fingerprint density at radius 2 is 1.71 bits per heavy atom. The Balaban J connectivity index is 0.00000461. The average Bonchev–Trinajstić information content (AvgIpc) is 3.58. The zero-order valence-electron chi connectivity index (χ0n) is 27.0. The summed E-state index contributed by atoms with van der Waals surface area (Å²) in [4.78, 5) is 34.7. The second kappa shape index (κ2) is 15.0. The van der Waals surface area contributed by atoms with Gasteiger partial charge in [-0.2, -0.15) is 0 Å². The van der Waals surface area contributed by atoms with Crippen molar-refractivity contribution in [2.75, 3.05) is 0 Å². The first-order valence-electron chi connectivity index (χ1n) is 15.3. The quantitative estimate of drug-likeness (QED) is 0.345. The molecule has 1 aliphatic carbocycles. The molecular formula is C33H40Cl2KN7O2. The number of carbonyl (C=O) groups excluding carboxylic acids is 2. The van der Waals surface area contributed by atoms with E-state index in [1.807, 2.05) is 17.0 Å². The van der Waals surface area contributed by atoms with Crippen molar-refractivity contribution in [3.05, 3.63) is 75.0 Å². The molecule has 5 rings (SSSR count). The van der Waals surface area contributed by atoms with Gasteiger partial charge in [-0.05, 0) is 91.7 Å². The maximum atomic E-state index is 14.5. The van der Waals surface area contributed by atoms with Crippen molar-refractivity contribution >= 4 is 40.7 Å². The minimum absolute atomic E-state index is 0. The Hall–Kier alpha value is -1.66. The van der Waals surface area contributed by atoms with Gasteiger partial charge in [0, 0.05) is 21.2 Å². The monoisotopic (exact) mass is 675 g/mol. The van der Waals surface area contributed by atoms with E-state index >= 15 is 0 Å². The summed E-state index contributed by atoms with van der Waals surface area (Å²) in [6.45, 7) is 11.4. The number of rotatable bonds is 9. The third-order valence-electron chi connectivity index (χ3n) is 8.99. The third-order valence-corrected chi connectivity index (χ3v) is 9.43. The molecule has 234 valence electrons. The normalized spacial score (nSPS) is 20.7. The third kappa shape index (κ3) is 8.44. The van der Waals surface area contributed by atoms with Crippen LogP contribution in [0.3, 0.4) is 0 Å². The van der Waals surface area contributed by atoms with Gasteiger partial charge in [0.2, 0.25) is 0 Å². The Kier molecular flexibility index (Phi) is 12.1. The molecule has 1 atom stereocenters. The minimum Gasteiger partial charge on any atom is -0.347 e. The van der Waals surface area contributed by atoms with E-state index in [1.54, 1.807) is 30.3 Å². The summed E-state index contributed by atoms with van der Waals surface area (Å²) in [5.74, 6) is 0.979. The maximum Gasteiger partial charge on any atom is 1.00 e. The van der Waals surface area contributed by atoms with Crippen molar-refractivity contribution in [3.8, 4) is 0 Å². The van der Waals surface area contributed by atoms with Gasteiger partial charge in [-0.1, -0.05) is 70.0 Å². The molecule has 2 aliphatic rings. The van der Waals surface area contributed by atoms with E-state index < -0.39 is 5.66 Å². The molecule has 1 aromatic heterocycles. The number of tetrazole rings is 1.